The van der Waals surface area contributed by atoms with Gasteiger partial charge in [0.05, 0.1) is 26.6 Å². The fraction of sp³-hybridized carbons (Fsp3) is 0.227. The van der Waals surface area contributed by atoms with Crippen LogP contribution in [0.25, 0.3) is 20.4 Å². The van der Waals surface area contributed by atoms with Gasteiger partial charge >= 0.3 is 0 Å². The third-order valence-electron chi connectivity index (χ3n) is 5.01. The predicted octanol–water partition coefficient (Wildman–Crippen LogP) is 6.36. The van der Waals surface area contributed by atoms with Gasteiger partial charge in [0.15, 0.2) is 4.34 Å². The minimum Gasteiger partial charge on any atom is -0.318 e. The van der Waals surface area contributed by atoms with Crippen LogP contribution in [0.5, 0.6) is 0 Å². The van der Waals surface area contributed by atoms with Gasteiger partial charge < -0.3 is 4.57 Å². The van der Waals surface area contributed by atoms with Gasteiger partial charge in [-0.15, -0.1) is 16.4 Å². The number of thioether (sulfide) groups is 1. The van der Waals surface area contributed by atoms with E-state index in [-0.39, 0.29) is 0 Å². The van der Waals surface area contributed by atoms with E-state index in [9.17, 15) is 0 Å². The summed E-state index contributed by atoms with van der Waals surface area (Å²) in [5.41, 5.74) is 3.57. The first-order valence-electron chi connectivity index (χ1n) is 9.65. The van der Waals surface area contributed by atoms with Crippen molar-refractivity contribution < 1.29 is 0 Å². The minimum atomic E-state index is 0.916. The quantitative estimate of drug-likeness (QED) is 0.276. The normalized spacial score (nSPS) is 16.0. The van der Waals surface area contributed by atoms with Crippen molar-refractivity contribution >= 4 is 61.1 Å². The average Bonchev–Trinajstić information content (AvgIpc) is 3.30. The average molecular weight is 437 g/mol. The van der Waals surface area contributed by atoms with E-state index in [2.05, 4.69) is 57.2 Å². The van der Waals surface area contributed by atoms with Gasteiger partial charge in [-0.25, -0.2) is 4.98 Å². The molecule has 0 fully saturated rings. The number of aryl methyl sites for hydroxylation is 1. The Morgan fingerprint density at radius 1 is 1.00 bits per heavy atom. The summed E-state index contributed by atoms with van der Waals surface area (Å²) in [6, 6.07) is 16.7. The molecule has 0 radical (unpaired) electrons. The lowest BCUT2D eigenvalue weighted by Crippen LogP contribution is -2.09. The van der Waals surface area contributed by atoms with Crippen LogP contribution in [0.3, 0.4) is 0 Å². The summed E-state index contributed by atoms with van der Waals surface area (Å²) in [7, 11) is 2.04. The Balaban J connectivity index is 1.43. The van der Waals surface area contributed by atoms with Gasteiger partial charge in [0.1, 0.15) is 0 Å². The van der Waals surface area contributed by atoms with Crippen LogP contribution in [0, 0.1) is 0 Å². The Morgan fingerprint density at radius 3 is 2.66 bits per heavy atom. The number of fused-ring (bicyclic) bond motifs is 2. The van der Waals surface area contributed by atoms with Gasteiger partial charge in [0, 0.05) is 7.05 Å². The molecule has 0 saturated carbocycles. The molecule has 2 aromatic carbocycles. The van der Waals surface area contributed by atoms with Crippen molar-refractivity contribution in [1.82, 2.24) is 9.55 Å². The summed E-state index contributed by atoms with van der Waals surface area (Å²) in [5, 5.41) is 8.97. The molecule has 2 aromatic heterocycles. The van der Waals surface area contributed by atoms with E-state index in [1.54, 1.807) is 34.4 Å². The van der Waals surface area contributed by atoms with E-state index < -0.39 is 0 Å². The standard InChI is InChI=1S/C22H20N4S3/c1-26-17-10-4-7-13-20(17)27-21(26)25-23-14-15-8-2-5-11-18(15)28-22-24-16-9-3-6-12-19(16)29-22/h3-4,6-7,9-10,12-14H,2,5,8,11H2,1H3. The zero-order valence-electron chi connectivity index (χ0n) is 16.0. The zero-order chi connectivity index (χ0) is 19.6. The van der Waals surface area contributed by atoms with Crippen LogP contribution in [-0.4, -0.2) is 15.8 Å². The Labute approximate surface area is 181 Å². The largest absolute Gasteiger partial charge is 0.318 e. The SMILES string of the molecule is Cn1c(=NN=CC2=C(Sc3nc4ccccc4s3)CCCC2)sc2ccccc21. The topological polar surface area (TPSA) is 42.5 Å². The summed E-state index contributed by atoms with van der Waals surface area (Å²) in [6.07, 6.45) is 6.55. The molecular weight excluding hydrogens is 416 g/mol. The maximum atomic E-state index is 4.78. The highest BCUT2D eigenvalue weighted by Crippen LogP contribution is 2.39. The number of nitrogens with zero attached hydrogens (tertiary/aromatic N) is 4. The molecule has 2 heterocycles. The molecule has 0 bridgehead atoms. The monoisotopic (exact) mass is 436 g/mol. The minimum absolute atomic E-state index is 0.916. The number of thiazole rings is 2. The number of hydrogen-bond donors (Lipinski definition) is 0. The number of hydrogen-bond acceptors (Lipinski definition) is 6. The molecule has 4 aromatic rings. The maximum Gasteiger partial charge on any atom is 0.211 e. The third-order valence-corrected chi connectivity index (χ3v) is 8.43. The first-order chi connectivity index (χ1) is 14.3. The van der Waals surface area contributed by atoms with E-state index in [4.69, 9.17) is 4.98 Å². The zero-order valence-corrected chi connectivity index (χ0v) is 18.5. The van der Waals surface area contributed by atoms with Gasteiger partial charge in [0.2, 0.25) is 4.80 Å². The molecule has 29 heavy (non-hydrogen) atoms. The summed E-state index contributed by atoms with van der Waals surface area (Å²) < 4.78 is 5.69. The molecule has 0 amide bonds. The van der Waals surface area contributed by atoms with E-state index in [0.29, 0.717) is 0 Å². The van der Waals surface area contributed by atoms with Crippen molar-refractivity contribution in [3.05, 3.63) is 63.8 Å². The van der Waals surface area contributed by atoms with Crippen LogP contribution in [0.2, 0.25) is 0 Å². The molecular formula is C22H20N4S3. The summed E-state index contributed by atoms with van der Waals surface area (Å²) in [6.45, 7) is 0. The lowest BCUT2D eigenvalue weighted by molar-refractivity contribution is 0.711. The molecule has 7 heteroatoms. The molecule has 1 aliphatic rings. The van der Waals surface area contributed by atoms with Gasteiger partial charge in [-0.2, -0.15) is 5.10 Å². The molecule has 0 aliphatic heterocycles. The van der Waals surface area contributed by atoms with Gasteiger partial charge in [-0.05, 0) is 60.4 Å². The summed E-state index contributed by atoms with van der Waals surface area (Å²) in [5.74, 6) is 0. The van der Waals surface area contributed by atoms with Crippen molar-refractivity contribution in [2.45, 2.75) is 30.0 Å². The molecule has 0 saturated heterocycles. The summed E-state index contributed by atoms with van der Waals surface area (Å²) in [4.78, 5) is 7.08. The highest BCUT2D eigenvalue weighted by molar-refractivity contribution is 8.04. The molecule has 4 nitrogen and oxygen atoms in total. The van der Waals surface area contributed by atoms with Crippen molar-refractivity contribution in [2.75, 3.05) is 0 Å². The van der Waals surface area contributed by atoms with Crippen LogP contribution >= 0.6 is 34.4 Å². The molecule has 146 valence electrons. The number of benzene rings is 2. The number of para-hydroxylation sites is 2. The molecule has 1 aliphatic carbocycles. The lowest BCUT2D eigenvalue weighted by atomic mass is 10.0. The van der Waals surface area contributed by atoms with Gasteiger partial charge in [-0.1, -0.05) is 47.4 Å². The smallest absolute Gasteiger partial charge is 0.211 e. The number of rotatable bonds is 4. The second kappa shape index (κ2) is 8.26. The highest BCUT2D eigenvalue weighted by Gasteiger charge is 2.15. The highest BCUT2D eigenvalue weighted by atomic mass is 32.2. The Kier molecular flexibility index (Phi) is 5.35. The van der Waals surface area contributed by atoms with Crippen molar-refractivity contribution in [2.24, 2.45) is 17.3 Å². The Bertz CT molecular complexity index is 1270. The molecule has 0 spiro atoms. The van der Waals surface area contributed by atoms with Crippen molar-refractivity contribution in [3.8, 4) is 0 Å². The van der Waals surface area contributed by atoms with E-state index >= 15 is 0 Å². The predicted molar refractivity (Wildman–Crippen MR) is 126 cm³/mol. The van der Waals surface area contributed by atoms with E-state index in [1.807, 2.05) is 19.3 Å². The first-order valence-corrected chi connectivity index (χ1v) is 12.1. The fourth-order valence-electron chi connectivity index (χ4n) is 3.48. The third kappa shape index (κ3) is 3.95. The molecule has 0 atom stereocenters. The van der Waals surface area contributed by atoms with Crippen molar-refractivity contribution in [1.29, 1.82) is 0 Å². The Hall–Kier alpha value is -2.22. The first kappa shape index (κ1) is 18.8. The van der Waals surface area contributed by atoms with E-state index in [1.165, 1.54) is 38.2 Å². The lowest BCUT2D eigenvalue weighted by Gasteiger charge is -2.15. The van der Waals surface area contributed by atoms with Crippen LogP contribution in [0.1, 0.15) is 25.7 Å². The second-order valence-corrected chi connectivity index (χ2v) is 10.3. The fourth-order valence-corrected chi connectivity index (χ4v) is 6.78. The van der Waals surface area contributed by atoms with Gasteiger partial charge in [-0.3, -0.25) is 0 Å². The van der Waals surface area contributed by atoms with Crippen LogP contribution in [0.15, 0.2) is 73.6 Å². The summed E-state index contributed by atoms with van der Waals surface area (Å²) >= 11 is 5.24. The number of allylic oxidation sites excluding steroid dienone is 2. The van der Waals surface area contributed by atoms with Crippen LogP contribution in [-0.2, 0) is 7.05 Å². The molecule has 5 rings (SSSR count). The number of aromatic nitrogens is 2. The second-order valence-electron chi connectivity index (χ2n) is 6.96. The maximum absolute atomic E-state index is 4.78. The van der Waals surface area contributed by atoms with Gasteiger partial charge in [0.25, 0.3) is 0 Å². The molecule has 0 unspecified atom stereocenters. The molecule has 0 N–H and O–H groups in total. The van der Waals surface area contributed by atoms with Crippen molar-refractivity contribution in [3.63, 3.8) is 0 Å². The Morgan fingerprint density at radius 2 is 1.79 bits per heavy atom. The van der Waals surface area contributed by atoms with E-state index in [0.717, 1.165) is 27.5 Å². The van der Waals surface area contributed by atoms with Crippen LogP contribution < -0.4 is 4.80 Å². The van der Waals surface area contributed by atoms with Crippen LogP contribution in [0.4, 0.5) is 0 Å².